The number of rotatable bonds is 6. The second-order valence-corrected chi connectivity index (χ2v) is 11.0. The Balaban J connectivity index is 2.25. The molecule has 3 rings (SSSR count). The van der Waals surface area contributed by atoms with E-state index in [0.717, 1.165) is 28.0 Å². The SMILES string of the molecule is COc1ccc(C(F)=CC(c2ccc(OC)cc2)c2cc(C(C)(C)C)c(O)c(C(C)(C)C)c2)cc1. The number of phenols is 1. The van der Waals surface area contributed by atoms with Gasteiger partial charge in [0.05, 0.1) is 14.2 Å². The van der Waals surface area contributed by atoms with E-state index < -0.39 is 0 Å². The highest BCUT2D eigenvalue weighted by molar-refractivity contribution is 5.63. The van der Waals surface area contributed by atoms with E-state index in [1.165, 1.54) is 0 Å². The average Bonchev–Trinajstić information content (AvgIpc) is 2.81. The molecule has 1 N–H and O–H groups in total. The minimum atomic E-state index is -0.370. The molecule has 3 aromatic rings. The molecule has 0 saturated heterocycles. The molecule has 3 nitrogen and oxygen atoms in total. The number of hydrogen-bond acceptors (Lipinski definition) is 3. The Morgan fingerprint density at radius 1 is 0.743 bits per heavy atom. The first-order valence-electron chi connectivity index (χ1n) is 11.9. The van der Waals surface area contributed by atoms with Gasteiger partial charge in [-0.1, -0.05) is 65.8 Å². The Bertz CT molecular complexity index is 1140. The summed E-state index contributed by atoms with van der Waals surface area (Å²) in [4.78, 5) is 0. The van der Waals surface area contributed by atoms with Crippen LogP contribution in [-0.4, -0.2) is 19.3 Å². The second-order valence-electron chi connectivity index (χ2n) is 11.0. The lowest BCUT2D eigenvalue weighted by atomic mass is 9.76. The molecule has 0 aliphatic carbocycles. The first-order chi connectivity index (χ1) is 16.3. The summed E-state index contributed by atoms with van der Waals surface area (Å²) in [7, 11) is 3.21. The number of phenolic OH excluding ortho intramolecular Hbond substituents is 1. The average molecular weight is 477 g/mol. The van der Waals surface area contributed by atoms with Gasteiger partial charge in [0.15, 0.2) is 0 Å². The Hall–Kier alpha value is -3.27. The normalized spacial score (nSPS) is 13.5. The standard InChI is InChI=1S/C31H37FO3/c1-30(2,3)26-17-22(18-27(29(26)33)31(4,5)6)25(20-9-13-23(34-7)14-10-20)19-28(32)21-11-15-24(35-8)16-12-21/h9-19,25,33H,1-8H3. The van der Waals surface area contributed by atoms with Gasteiger partial charge in [0.1, 0.15) is 23.1 Å². The number of methoxy groups -OCH3 is 2. The lowest BCUT2D eigenvalue weighted by molar-refractivity contribution is 0.414. The molecular weight excluding hydrogens is 439 g/mol. The van der Waals surface area contributed by atoms with E-state index in [1.807, 2.05) is 36.4 Å². The van der Waals surface area contributed by atoms with Crippen molar-refractivity contribution in [1.82, 2.24) is 0 Å². The van der Waals surface area contributed by atoms with Gasteiger partial charge in [-0.05, 0) is 75.6 Å². The van der Waals surface area contributed by atoms with Gasteiger partial charge in [-0.25, -0.2) is 4.39 Å². The zero-order valence-electron chi connectivity index (χ0n) is 22.1. The van der Waals surface area contributed by atoms with E-state index in [0.29, 0.717) is 17.1 Å². The maximum absolute atomic E-state index is 15.6. The third kappa shape index (κ3) is 6.05. The van der Waals surface area contributed by atoms with E-state index in [-0.39, 0.29) is 22.6 Å². The Labute approximate surface area is 209 Å². The number of halogens is 1. The van der Waals surface area contributed by atoms with Crippen LogP contribution in [0.5, 0.6) is 17.2 Å². The number of aromatic hydroxyl groups is 1. The molecule has 0 bridgehead atoms. The fourth-order valence-electron chi connectivity index (χ4n) is 4.17. The summed E-state index contributed by atoms with van der Waals surface area (Å²) in [5.41, 5.74) is 3.45. The van der Waals surface area contributed by atoms with E-state index >= 15 is 4.39 Å². The highest BCUT2D eigenvalue weighted by Gasteiger charge is 2.28. The van der Waals surface area contributed by atoms with Crippen LogP contribution in [-0.2, 0) is 10.8 Å². The van der Waals surface area contributed by atoms with Crippen LogP contribution in [0.15, 0.2) is 66.7 Å². The number of hydrogen-bond donors (Lipinski definition) is 1. The first-order valence-corrected chi connectivity index (χ1v) is 11.9. The largest absolute Gasteiger partial charge is 0.507 e. The van der Waals surface area contributed by atoms with Gasteiger partial charge in [-0.2, -0.15) is 0 Å². The topological polar surface area (TPSA) is 38.7 Å². The summed E-state index contributed by atoms with van der Waals surface area (Å²) in [5, 5.41) is 11.2. The zero-order chi connectivity index (χ0) is 26.0. The Kier molecular flexibility index (Phi) is 7.64. The lowest BCUT2D eigenvalue weighted by Gasteiger charge is -2.29. The van der Waals surface area contributed by atoms with Gasteiger partial charge in [0, 0.05) is 11.5 Å². The van der Waals surface area contributed by atoms with Crippen molar-refractivity contribution in [3.63, 3.8) is 0 Å². The summed E-state index contributed by atoms with van der Waals surface area (Å²) in [5.74, 6) is 1.03. The molecule has 3 aromatic carbocycles. The first kappa shape index (κ1) is 26.3. The minimum absolute atomic E-state index is 0.289. The van der Waals surface area contributed by atoms with Gasteiger partial charge in [0.25, 0.3) is 0 Å². The molecule has 0 saturated carbocycles. The van der Waals surface area contributed by atoms with Gasteiger partial charge >= 0.3 is 0 Å². The molecule has 1 unspecified atom stereocenters. The quantitative estimate of drug-likeness (QED) is 0.390. The number of benzene rings is 3. The van der Waals surface area contributed by atoms with Crippen molar-refractivity contribution in [2.24, 2.45) is 0 Å². The predicted octanol–water partition coefficient (Wildman–Crippen LogP) is 8.15. The zero-order valence-corrected chi connectivity index (χ0v) is 22.1. The third-order valence-corrected chi connectivity index (χ3v) is 6.26. The van der Waals surface area contributed by atoms with Gasteiger partial charge in [-0.15, -0.1) is 0 Å². The Morgan fingerprint density at radius 2 is 1.17 bits per heavy atom. The lowest BCUT2D eigenvalue weighted by Crippen LogP contribution is -2.18. The van der Waals surface area contributed by atoms with Crippen LogP contribution in [0.2, 0.25) is 0 Å². The molecular formula is C31H37FO3. The van der Waals surface area contributed by atoms with E-state index in [9.17, 15) is 5.11 Å². The maximum Gasteiger partial charge on any atom is 0.127 e. The van der Waals surface area contributed by atoms with Crippen LogP contribution in [0.25, 0.3) is 5.83 Å². The van der Waals surface area contributed by atoms with E-state index in [2.05, 4.69) is 41.5 Å². The number of allylic oxidation sites excluding steroid dienone is 1. The van der Waals surface area contributed by atoms with Gasteiger partial charge < -0.3 is 14.6 Å². The van der Waals surface area contributed by atoms with E-state index in [4.69, 9.17) is 9.47 Å². The van der Waals surface area contributed by atoms with Crippen LogP contribution in [0.3, 0.4) is 0 Å². The van der Waals surface area contributed by atoms with Crippen molar-refractivity contribution in [2.75, 3.05) is 14.2 Å². The van der Waals surface area contributed by atoms with Gasteiger partial charge in [-0.3, -0.25) is 0 Å². The van der Waals surface area contributed by atoms with Crippen molar-refractivity contribution in [1.29, 1.82) is 0 Å². The smallest absolute Gasteiger partial charge is 0.127 e. The molecule has 0 radical (unpaired) electrons. The van der Waals surface area contributed by atoms with Crippen LogP contribution in [0.4, 0.5) is 4.39 Å². The Morgan fingerprint density at radius 3 is 1.57 bits per heavy atom. The fourth-order valence-corrected chi connectivity index (χ4v) is 4.17. The molecule has 0 amide bonds. The third-order valence-electron chi connectivity index (χ3n) is 6.26. The molecule has 35 heavy (non-hydrogen) atoms. The second kappa shape index (κ2) is 10.2. The highest BCUT2D eigenvalue weighted by atomic mass is 19.1. The fraction of sp³-hybridized carbons (Fsp3) is 0.355. The summed E-state index contributed by atoms with van der Waals surface area (Å²) in [6.45, 7) is 12.5. The number of ether oxygens (including phenoxy) is 2. The summed E-state index contributed by atoms with van der Waals surface area (Å²) < 4.78 is 26.2. The molecule has 186 valence electrons. The predicted molar refractivity (Wildman–Crippen MR) is 142 cm³/mol. The summed E-state index contributed by atoms with van der Waals surface area (Å²) in [6, 6.07) is 18.6. The summed E-state index contributed by atoms with van der Waals surface area (Å²) >= 11 is 0. The van der Waals surface area contributed by atoms with Crippen molar-refractivity contribution < 1.29 is 19.0 Å². The molecule has 1 atom stereocenters. The molecule has 0 aliphatic heterocycles. The monoisotopic (exact) mass is 476 g/mol. The summed E-state index contributed by atoms with van der Waals surface area (Å²) in [6.07, 6.45) is 1.65. The molecule has 0 heterocycles. The molecule has 0 aliphatic rings. The molecule has 0 fully saturated rings. The molecule has 0 aromatic heterocycles. The van der Waals surface area contributed by atoms with Crippen LogP contribution < -0.4 is 9.47 Å². The minimum Gasteiger partial charge on any atom is -0.507 e. The molecule has 4 heteroatoms. The van der Waals surface area contributed by atoms with Crippen molar-refractivity contribution in [2.45, 2.75) is 58.3 Å². The van der Waals surface area contributed by atoms with Gasteiger partial charge in [0.2, 0.25) is 0 Å². The van der Waals surface area contributed by atoms with Crippen molar-refractivity contribution in [3.8, 4) is 17.2 Å². The van der Waals surface area contributed by atoms with Crippen LogP contribution in [0, 0.1) is 0 Å². The van der Waals surface area contributed by atoms with E-state index in [1.54, 1.807) is 44.6 Å². The highest BCUT2D eigenvalue weighted by Crippen LogP contribution is 2.43. The van der Waals surface area contributed by atoms with Crippen molar-refractivity contribution >= 4 is 5.83 Å². The molecule has 0 spiro atoms. The van der Waals surface area contributed by atoms with Crippen LogP contribution >= 0.6 is 0 Å². The van der Waals surface area contributed by atoms with Crippen molar-refractivity contribution in [3.05, 3.63) is 94.6 Å². The maximum atomic E-state index is 15.6. The van der Waals surface area contributed by atoms with Crippen LogP contribution in [0.1, 0.15) is 75.3 Å².